The molecule has 0 saturated heterocycles. The van der Waals surface area contributed by atoms with Crippen LogP contribution in [0.15, 0.2) is 73.2 Å². The lowest BCUT2D eigenvalue weighted by atomic mass is 10.1. The van der Waals surface area contributed by atoms with Gasteiger partial charge in [0.2, 0.25) is 0 Å². The first kappa shape index (κ1) is 19.4. The van der Waals surface area contributed by atoms with E-state index in [1.54, 1.807) is 24.5 Å². The predicted octanol–water partition coefficient (Wildman–Crippen LogP) is 3.06. The average Bonchev–Trinajstić information content (AvgIpc) is 3.15. The summed E-state index contributed by atoms with van der Waals surface area (Å²) < 4.78 is 1.97. The summed E-state index contributed by atoms with van der Waals surface area (Å²) in [4.78, 5) is 21.2. The maximum atomic E-state index is 12.6. The van der Waals surface area contributed by atoms with Crippen molar-refractivity contribution >= 4 is 5.91 Å². The highest BCUT2D eigenvalue weighted by Crippen LogP contribution is 2.18. The number of carbonyl (C=O) groups excluding carboxylic acids is 1. The Labute approximate surface area is 174 Å². The summed E-state index contributed by atoms with van der Waals surface area (Å²) in [5, 5.41) is 11.4. The molecule has 1 N–H and O–H groups in total. The first-order chi connectivity index (χ1) is 14.7. The fourth-order valence-corrected chi connectivity index (χ4v) is 3.20. The Bertz CT molecular complexity index is 1120. The number of hydrogen-bond donors (Lipinski definition) is 1. The van der Waals surface area contributed by atoms with Crippen molar-refractivity contribution < 1.29 is 4.79 Å². The summed E-state index contributed by atoms with van der Waals surface area (Å²) in [6.07, 6.45) is 5.96. The van der Waals surface area contributed by atoms with Crippen LogP contribution in [0.5, 0.6) is 0 Å². The zero-order valence-corrected chi connectivity index (χ0v) is 16.7. The fraction of sp³-hybridized carbons (Fsp3) is 0.174. The van der Waals surface area contributed by atoms with Crippen LogP contribution in [0.1, 0.15) is 27.3 Å². The molecule has 0 saturated carbocycles. The first-order valence-corrected chi connectivity index (χ1v) is 9.78. The number of nitrogens with zero attached hydrogens (tertiary/aromatic N) is 5. The van der Waals surface area contributed by atoms with E-state index in [2.05, 4.69) is 25.5 Å². The molecule has 0 bridgehead atoms. The Kier molecular flexibility index (Phi) is 5.89. The first-order valence-electron chi connectivity index (χ1n) is 9.78. The van der Waals surface area contributed by atoms with Gasteiger partial charge in [-0.25, -0.2) is 0 Å². The van der Waals surface area contributed by atoms with Crippen molar-refractivity contribution in [2.75, 3.05) is 6.54 Å². The maximum absolute atomic E-state index is 12.6. The van der Waals surface area contributed by atoms with Gasteiger partial charge in [-0.05, 0) is 42.7 Å². The number of rotatable bonds is 7. The number of benzene rings is 1. The van der Waals surface area contributed by atoms with E-state index < -0.39 is 0 Å². The Morgan fingerprint density at radius 2 is 1.83 bits per heavy atom. The van der Waals surface area contributed by atoms with Crippen LogP contribution in [0.25, 0.3) is 11.5 Å². The third kappa shape index (κ3) is 4.57. The molecule has 7 heteroatoms. The van der Waals surface area contributed by atoms with Gasteiger partial charge >= 0.3 is 0 Å². The molecule has 0 radical (unpaired) electrons. The van der Waals surface area contributed by atoms with E-state index in [-0.39, 0.29) is 5.91 Å². The van der Waals surface area contributed by atoms with E-state index in [0.29, 0.717) is 30.2 Å². The smallest absolute Gasteiger partial charge is 0.251 e. The number of amides is 1. The second-order valence-corrected chi connectivity index (χ2v) is 6.94. The lowest BCUT2D eigenvalue weighted by molar-refractivity contribution is 0.0954. The standard InChI is InChI=1S/C23H22N6O/c1-17-27-28-22(29(17)16-19-8-5-11-24-15-19)21-14-20(10-13-25-21)23(30)26-12-9-18-6-3-2-4-7-18/h2-8,10-11,13-15H,9,12,16H2,1H3,(H,26,30). The molecular formula is C23H22N6O. The fourth-order valence-electron chi connectivity index (χ4n) is 3.20. The van der Waals surface area contributed by atoms with E-state index in [1.165, 1.54) is 5.56 Å². The van der Waals surface area contributed by atoms with E-state index >= 15 is 0 Å². The minimum atomic E-state index is -0.135. The van der Waals surface area contributed by atoms with Crippen molar-refractivity contribution in [1.82, 2.24) is 30.0 Å². The number of nitrogens with one attached hydrogen (secondary N) is 1. The highest BCUT2D eigenvalue weighted by molar-refractivity contribution is 5.94. The monoisotopic (exact) mass is 398 g/mol. The van der Waals surface area contributed by atoms with E-state index in [9.17, 15) is 4.79 Å². The molecule has 0 fully saturated rings. The lowest BCUT2D eigenvalue weighted by Crippen LogP contribution is -2.25. The summed E-state index contributed by atoms with van der Waals surface area (Å²) >= 11 is 0. The molecule has 0 aliphatic rings. The molecule has 0 atom stereocenters. The quantitative estimate of drug-likeness (QED) is 0.517. The summed E-state index contributed by atoms with van der Waals surface area (Å²) in [5.74, 6) is 1.26. The molecule has 0 aliphatic carbocycles. The number of aromatic nitrogens is 5. The highest BCUT2D eigenvalue weighted by Gasteiger charge is 2.15. The third-order valence-electron chi connectivity index (χ3n) is 4.79. The predicted molar refractivity (Wildman–Crippen MR) is 114 cm³/mol. The number of hydrogen-bond acceptors (Lipinski definition) is 5. The Balaban J connectivity index is 1.49. The van der Waals surface area contributed by atoms with E-state index in [4.69, 9.17) is 0 Å². The number of carbonyl (C=O) groups is 1. The second-order valence-electron chi connectivity index (χ2n) is 6.94. The van der Waals surface area contributed by atoms with Gasteiger partial charge in [0.15, 0.2) is 5.82 Å². The molecule has 3 heterocycles. The lowest BCUT2D eigenvalue weighted by Gasteiger charge is -2.09. The average molecular weight is 398 g/mol. The summed E-state index contributed by atoms with van der Waals surface area (Å²) in [5.41, 5.74) is 3.38. The summed E-state index contributed by atoms with van der Waals surface area (Å²) in [7, 11) is 0. The molecule has 7 nitrogen and oxygen atoms in total. The molecule has 1 aromatic carbocycles. The molecule has 3 aromatic heterocycles. The van der Waals surface area contributed by atoms with Crippen LogP contribution in [-0.2, 0) is 13.0 Å². The van der Waals surface area contributed by atoms with Crippen LogP contribution in [0, 0.1) is 6.92 Å². The minimum Gasteiger partial charge on any atom is -0.352 e. The normalized spacial score (nSPS) is 10.7. The van der Waals surface area contributed by atoms with Crippen molar-refractivity contribution in [1.29, 1.82) is 0 Å². The van der Waals surface area contributed by atoms with Gasteiger partial charge in [0, 0.05) is 30.7 Å². The van der Waals surface area contributed by atoms with Gasteiger partial charge in [-0.2, -0.15) is 0 Å². The molecule has 1 amide bonds. The molecular weight excluding hydrogens is 376 g/mol. The molecule has 4 rings (SSSR count). The van der Waals surface area contributed by atoms with Crippen LogP contribution in [0.3, 0.4) is 0 Å². The van der Waals surface area contributed by atoms with Gasteiger partial charge in [-0.1, -0.05) is 36.4 Å². The number of pyridine rings is 2. The van der Waals surface area contributed by atoms with Crippen molar-refractivity contribution in [3.05, 3.63) is 95.7 Å². The Morgan fingerprint density at radius 3 is 2.63 bits per heavy atom. The molecule has 0 unspecified atom stereocenters. The van der Waals surface area contributed by atoms with Crippen molar-refractivity contribution in [2.45, 2.75) is 19.9 Å². The summed E-state index contributed by atoms with van der Waals surface area (Å²) in [6, 6.07) is 17.4. The topological polar surface area (TPSA) is 85.6 Å². The van der Waals surface area contributed by atoms with Crippen molar-refractivity contribution in [3.63, 3.8) is 0 Å². The van der Waals surface area contributed by atoms with Crippen LogP contribution in [0.4, 0.5) is 0 Å². The third-order valence-corrected chi connectivity index (χ3v) is 4.79. The molecule has 4 aromatic rings. The SMILES string of the molecule is Cc1nnc(-c2cc(C(=O)NCCc3ccccc3)ccn2)n1Cc1cccnc1. The van der Waals surface area contributed by atoms with Gasteiger partial charge in [-0.3, -0.25) is 14.8 Å². The Morgan fingerprint density at radius 1 is 1.00 bits per heavy atom. The maximum Gasteiger partial charge on any atom is 0.251 e. The minimum absolute atomic E-state index is 0.135. The molecule has 0 aliphatic heterocycles. The zero-order chi connectivity index (χ0) is 20.8. The van der Waals surface area contributed by atoms with Gasteiger partial charge < -0.3 is 9.88 Å². The van der Waals surface area contributed by atoms with Gasteiger partial charge in [-0.15, -0.1) is 10.2 Å². The van der Waals surface area contributed by atoms with Crippen LogP contribution < -0.4 is 5.32 Å². The Hall–Kier alpha value is -3.87. The van der Waals surface area contributed by atoms with E-state index in [0.717, 1.165) is 17.8 Å². The van der Waals surface area contributed by atoms with Crippen LogP contribution >= 0.6 is 0 Å². The van der Waals surface area contributed by atoms with Crippen LogP contribution in [-0.4, -0.2) is 37.2 Å². The highest BCUT2D eigenvalue weighted by atomic mass is 16.1. The molecule has 0 spiro atoms. The van der Waals surface area contributed by atoms with E-state index in [1.807, 2.05) is 60.2 Å². The van der Waals surface area contributed by atoms with Gasteiger partial charge in [0.25, 0.3) is 5.91 Å². The van der Waals surface area contributed by atoms with Crippen LogP contribution in [0.2, 0.25) is 0 Å². The second kappa shape index (κ2) is 9.09. The van der Waals surface area contributed by atoms with Crippen molar-refractivity contribution in [2.24, 2.45) is 0 Å². The largest absolute Gasteiger partial charge is 0.352 e. The van der Waals surface area contributed by atoms with Gasteiger partial charge in [0.1, 0.15) is 11.5 Å². The van der Waals surface area contributed by atoms with Crippen molar-refractivity contribution in [3.8, 4) is 11.5 Å². The summed E-state index contributed by atoms with van der Waals surface area (Å²) in [6.45, 7) is 3.04. The molecule has 30 heavy (non-hydrogen) atoms. The zero-order valence-electron chi connectivity index (χ0n) is 16.7. The molecule has 150 valence electrons. The van der Waals surface area contributed by atoms with Gasteiger partial charge in [0.05, 0.1) is 6.54 Å². The number of aryl methyl sites for hydroxylation is 1.